The second-order valence-electron chi connectivity index (χ2n) is 2.86. The molecule has 0 aromatic heterocycles. The number of hydrogen-bond donors (Lipinski definition) is 0. The van der Waals surface area contributed by atoms with Crippen molar-refractivity contribution < 1.29 is 9.53 Å². The Bertz CT molecular complexity index is 147. The summed E-state index contributed by atoms with van der Waals surface area (Å²) in [6.07, 6.45) is 3.20. The smallest absolute Gasteiger partial charge is 0.308 e. The van der Waals surface area contributed by atoms with E-state index in [1.165, 1.54) is 6.42 Å². The lowest BCUT2D eigenvalue weighted by molar-refractivity contribution is -0.147. The first kappa shape index (κ1) is 9.29. The Hall–Kier alpha value is 0.200. The summed E-state index contributed by atoms with van der Waals surface area (Å²) in [5.74, 6) is 0.198. The van der Waals surface area contributed by atoms with Gasteiger partial charge in [-0.25, -0.2) is 0 Å². The molecule has 3 heteroatoms. The van der Waals surface area contributed by atoms with Gasteiger partial charge < -0.3 is 4.74 Å². The number of carbonyl (C=O) groups is 1. The summed E-state index contributed by atoms with van der Waals surface area (Å²) in [6, 6.07) is 0. The van der Waals surface area contributed by atoms with Gasteiger partial charge in [-0.2, -0.15) is 0 Å². The van der Waals surface area contributed by atoms with Crippen LogP contribution in [0, 0.1) is 5.92 Å². The minimum absolute atomic E-state index is 0.00617. The summed E-state index contributed by atoms with van der Waals surface area (Å²) in [7, 11) is 0. The standard InChI is InChI=1S/C8H13IO2/c1-2-11-8(10)6-3-4-7(9)5-6/h6-7H,2-5H2,1H3. The van der Waals surface area contributed by atoms with E-state index in [9.17, 15) is 4.79 Å². The molecule has 0 spiro atoms. The molecule has 0 N–H and O–H groups in total. The van der Waals surface area contributed by atoms with Gasteiger partial charge in [0, 0.05) is 3.92 Å². The van der Waals surface area contributed by atoms with Crippen LogP contribution >= 0.6 is 22.6 Å². The Morgan fingerprint density at radius 2 is 2.36 bits per heavy atom. The molecule has 0 aromatic rings. The Labute approximate surface area is 80.8 Å². The predicted octanol–water partition coefficient (Wildman–Crippen LogP) is 2.15. The van der Waals surface area contributed by atoms with Crippen molar-refractivity contribution in [1.82, 2.24) is 0 Å². The van der Waals surface area contributed by atoms with E-state index in [0.717, 1.165) is 12.8 Å². The molecule has 1 rings (SSSR count). The van der Waals surface area contributed by atoms with Crippen molar-refractivity contribution in [3.05, 3.63) is 0 Å². The highest BCUT2D eigenvalue weighted by atomic mass is 127. The average molecular weight is 268 g/mol. The normalized spacial score (nSPS) is 30.4. The molecule has 2 atom stereocenters. The number of hydrogen-bond acceptors (Lipinski definition) is 2. The van der Waals surface area contributed by atoms with E-state index in [0.29, 0.717) is 10.5 Å². The zero-order valence-corrected chi connectivity index (χ0v) is 8.84. The van der Waals surface area contributed by atoms with Crippen molar-refractivity contribution in [2.45, 2.75) is 30.1 Å². The summed E-state index contributed by atoms with van der Waals surface area (Å²) < 4.78 is 5.61. The van der Waals surface area contributed by atoms with Crippen molar-refractivity contribution in [2.75, 3.05) is 6.61 Å². The van der Waals surface area contributed by atoms with Gasteiger partial charge >= 0.3 is 5.97 Å². The third-order valence-corrected chi connectivity index (χ3v) is 3.12. The zero-order valence-electron chi connectivity index (χ0n) is 6.68. The van der Waals surface area contributed by atoms with Gasteiger partial charge in [-0.05, 0) is 26.2 Å². The molecule has 0 saturated heterocycles. The maximum atomic E-state index is 11.2. The van der Waals surface area contributed by atoms with Gasteiger partial charge in [0.25, 0.3) is 0 Å². The maximum absolute atomic E-state index is 11.2. The van der Waals surface area contributed by atoms with Crippen molar-refractivity contribution in [3.63, 3.8) is 0 Å². The molecule has 2 nitrogen and oxygen atoms in total. The zero-order chi connectivity index (χ0) is 8.27. The van der Waals surface area contributed by atoms with E-state index in [2.05, 4.69) is 22.6 Å². The van der Waals surface area contributed by atoms with Crippen molar-refractivity contribution in [1.29, 1.82) is 0 Å². The third kappa shape index (κ3) is 2.61. The first-order valence-corrected chi connectivity index (χ1v) is 5.29. The average Bonchev–Trinajstić information content (AvgIpc) is 2.36. The van der Waals surface area contributed by atoms with Gasteiger partial charge in [0.2, 0.25) is 0 Å². The van der Waals surface area contributed by atoms with Crippen LogP contribution in [0.1, 0.15) is 26.2 Å². The fourth-order valence-electron chi connectivity index (χ4n) is 1.40. The SMILES string of the molecule is CCOC(=O)C1CCC(I)C1. The molecule has 0 bridgehead atoms. The largest absolute Gasteiger partial charge is 0.466 e. The monoisotopic (exact) mass is 268 g/mol. The molecule has 1 aliphatic carbocycles. The Morgan fingerprint density at radius 3 is 2.82 bits per heavy atom. The predicted molar refractivity (Wildman–Crippen MR) is 51.8 cm³/mol. The summed E-state index contributed by atoms with van der Waals surface area (Å²) in [5, 5.41) is 0. The minimum atomic E-state index is 0.00617. The van der Waals surface area contributed by atoms with Gasteiger partial charge in [0.1, 0.15) is 0 Å². The number of alkyl halides is 1. The molecule has 0 amide bonds. The van der Waals surface area contributed by atoms with Crippen LogP contribution in [-0.2, 0) is 9.53 Å². The van der Waals surface area contributed by atoms with E-state index < -0.39 is 0 Å². The molecule has 2 unspecified atom stereocenters. The Kier molecular flexibility index (Phi) is 3.62. The van der Waals surface area contributed by atoms with Crippen LogP contribution in [0.2, 0.25) is 0 Å². The van der Waals surface area contributed by atoms with Crippen molar-refractivity contribution in [3.8, 4) is 0 Å². The van der Waals surface area contributed by atoms with Crippen molar-refractivity contribution in [2.24, 2.45) is 5.92 Å². The van der Waals surface area contributed by atoms with Crippen LogP contribution in [0.3, 0.4) is 0 Å². The number of esters is 1. The highest BCUT2D eigenvalue weighted by Gasteiger charge is 2.28. The fourth-order valence-corrected chi connectivity index (χ4v) is 2.37. The first-order chi connectivity index (χ1) is 5.24. The Balaban J connectivity index is 2.31. The van der Waals surface area contributed by atoms with Crippen LogP contribution in [-0.4, -0.2) is 16.5 Å². The molecule has 1 fully saturated rings. The van der Waals surface area contributed by atoms with Gasteiger partial charge in [-0.1, -0.05) is 22.6 Å². The minimum Gasteiger partial charge on any atom is -0.466 e. The molecule has 0 radical (unpaired) electrons. The van der Waals surface area contributed by atoms with Crippen LogP contribution in [0.5, 0.6) is 0 Å². The molecule has 1 aliphatic rings. The summed E-state index contributed by atoms with van der Waals surface area (Å²) >= 11 is 2.40. The number of halogens is 1. The van der Waals surface area contributed by atoms with Gasteiger partial charge in [-0.3, -0.25) is 4.79 Å². The fraction of sp³-hybridized carbons (Fsp3) is 0.875. The Morgan fingerprint density at radius 1 is 1.64 bits per heavy atom. The molecule has 1 saturated carbocycles. The summed E-state index contributed by atoms with van der Waals surface area (Å²) in [4.78, 5) is 11.2. The van der Waals surface area contributed by atoms with Crippen LogP contribution in [0.4, 0.5) is 0 Å². The van der Waals surface area contributed by atoms with E-state index >= 15 is 0 Å². The summed E-state index contributed by atoms with van der Waals surface area (Å²) in [5.41, 5.74) is 0. The highest BCUT2D eigenvalue weighted by molar-refractivity contribution is 14.1. The maximum Gasteiger partial charge on any atom is 0.308 e. The highest BCUT2D eigenvalue weighted by Crippen LogP contribution is 2.31. The van der Waals surface area contributed by atoms with Crippen LogP contribution < -0.4 is 0 Å². The van der Waals surface area contributed by atoms with E-state index in [1.54, 1.807) is 0 Å². The number of ether oxygens (including phenoxy) is 1. The molecular formula is C8H13IO2. The topological polar surface area (TPSA) is 26.3 Å². The van der Waals surface area contributed by atoms with Crippen molar-refractivity contribution >= 4 is 28.6 Å². The van der Waals surface area contributed by atoms with Crippen LogP contribution in [0.15, 0.2) is 0 Å². The van der Waals surface area contributed by atoms with Gasteiger partial charge in [0.15, 0.2) is 0 Å². The molecule has 0 aliphatic heterocycles. The van der Waals surface area contributed by atoms with E-state index in [4.69, 9.17) is 4.74 Å². The second kappa shape index (κ2) is 4.28. The van der Waals surface area contributed by atoms with E-state index in [-0.39, 0.29) is 11.9 Å². The molecular weight excluding hydrogens is 255 g/mol. The molecule has 64 valence electrons. The van der Waals surface area contributed by atoms with Gasteiger partial charge in [0.05, 0.1) is 12.5 Å². The first-order valence-electron chi connectivity index (χ1n) is 4.04. The quantitative estimate of drug-likeness (QED) is 0.436. The molecule has 0 heterocycles. The van der Waals surface area contributed by atoms with E-state index in [1.807, 2.05) is 6.92 Å². The van der Waals surface area contributed by atoms with Crippen LogP contribution in [0.25, 0.3) is 0 Å². The third-order valence-electron chi connectivity index (χ3n) is 1.99. The molecule has 11 heavy (non-hydrogen) atoms. The lowest BCUT2D eigenvalue weighted by Crippen LogP contribution is -2.14. The van der Waals surface area contributed by atoms with Gasteiger partial charge in [-0.15, -0.1) is 0 Å². The number of rotatable bonds is 2. The number of carbonyl (C=O) groups excluding carboxylic acids is 1. The lowest BCUT2D eigenvalue weighted by atomic mass is 10.1. The second-order valence-corrected chi connectivity index (χ2v) is 4.62. The lowest BCUT2D eigenvalue weighted by Gasteiger charge is -2.06. The summed E-state index contributed by atoms with van der Waals surface area (Å²) in [6.45, 7) is 2.37. The molecule has 0 aromatic carbocycles.